The fourth-order valence-electron chi connectivity index (χ4n) is 3.84. The molecule has 3 atom stereocenters. The number of nitrogens with zero attached hydrogens (tertiary/aromatic N) is 1. The average molecular weight is 406 g/mol. The number of nitro groups is 1. The topological polar surface area (TPSA) is 55.2 Å². The van der Waals surface area contributed by atoms with Gasteiger partial charge in [0.2, 0.25) is 0 Å². The normalized spacial score (nSPS) is 24.2. The molecule has 1 aliphatic carbocycles. The zero-order valence-electron chi connectivity index (χ0n) is 12.6. The van der Waals surface area contributed by atoms with Gasteiger partial charge < -0.3 is 5.32 Å². The number of fused-ring (bicyclic) bond motifs is 3. The molecule has 2 aliphatic rings. The van der Waals surface area contributed by atoms with Crippen LogP contribution in [-0.2, 0) is 0 Å². The van der Waals surface area contributed by atoms with Crippen LogP contribution in [0.1, 0.15) is 29.5 Å². The molecule has 24 heavy (non-hydrogen) atoms. The summed E-state index contributed by atoms with van der Waals surface area (Å²) in [5.41, 5.74) is 2.67. The molecule has 4 rings (SSSR count). The summed E-state index contributed by atoms with van der Waals surface area (Å²) < 4.78 is 1.01. The van der Waals surface area contributed by atoms with Gasteiger partial charge in [-0.15, -0.1) is 0 Å². The van der Waals surface area contributed by atoms with Gasteiger partial charge in [0.1, 0.15) is 0 Å². The molecule has 0 spiro atoms. The van der Waals surface area contributed by atoms with Crippen LogP contribution in [0.15, 0.2) is 53.0 Å². The Kier molecular flexibility index (Phi) is 3.85. The maximum Gasteiger partial charge on any atom is 0.275 e. The Hall–Kier alpha value is -1.85. The Balaban J connectivity index is 1.88. The molecule has 4 nitrogen and oxygen atoms in total. The molecule has 0 aromatic heterocycles. The SMILES string of the molecule is O=[N+]([O-])c1ccc(Cl)c2c1[C@@H]1C=CC[C@@H]1[C@H](c1cccc(Br)c1)N2. The van der Waals surface area contributed by atoms with Crippen molar-refractivity contribution in [1.29, 1.82) is 0 Å². The van der Waals surface area contributed by atoms with Crippen LogP contribution < -0.4 is 5.32 Å². The van der Waals surface area contributed by atoms with Crippen molar-refractivity contribution in [3.63, 3.8) is 0 Å². The average Bonchev–Trinajstić information content (AvgIpc) is 3.04. The van der Waals surface area contributed by atoms with Gasteiger partial charge in [-0.25, -0.2) is 0 Å². The van der Waals surface area contributed by atoms with E-state index in [2.05, 4.69) is 45.5 Å². The minimum atomic E-state index is -0.320. The van der Waals surface area contributed by atoms with Gasteiger partial charge in [-0.3, -0.25) is 10.1 Å². The van der Waals surface area contributed by atoms with Gasteiger partial charge in [-0.2, -0.15) is 0 Å². The van der Waals surface area contributed by atoms with Gasteiger partial charge in [-0.1, -0.05) is 51.8 Å². The summed E-state index contributed by atoms with van der Waals surface area (Å²) in [5, 5.41) is 15.5. The molecule has 122 valence electrons. The summed E-state index contributed by atoms with van der Waals surface area (Å²) in [6.45, 7) is 0. The second-order valence-electron chi connectivity index (χ2n) is 6.14. The van der Waals surface area contributed by atoms with Crippen molar-refractivity contribution in [2.45, 2.75) is 18.4 Å². The highest BCUT2D eigenvalue weighted by atomic mass is 79.9. The van der Waals surface area contributed by atoms with Gasteiger partial charge in [0.15, 0.2) is 0 Å². The molecule has 0 saturated carbocycles. The van der Waals surface area contributed by atoms with Crippen LogP contribution >= 0.6 is 27.5 Å². The van der Waals surface area contributed by atoms with E-state index in [9.17, 15) is 10.1 Å². The fourth-order valence-corrected chi connectivity index (χ4v) is 4.48. The van der Waals surface area contributed by atoms with Crippen LogP contribution in [0, 0.1) is 16.0 Å². The van der Waals surface area contributed by atoms with E-state index in [0.29, 0.717) is 16.3 Å². The van der Waals surface area contributed by atoms with Crippen molar-refractivity contribution in [3.8, 4) is 0 Å². The number of nitro benzene ring substituents is 1. The lowest BCUT2D eigenvalue weighted by Crippen LogP contribution is -2.29. The summed E-state index contributed by atoms with van der Waals surface area (Å²) in [4.78, 5) is 11.2. The lowest BCUT2D eigenvalue weighted by molar-refractivity contribution is -0.385. The number of nitrogens with one attached hydrogen (secondary N) is 1. The van der Waals surface area contributed by atoms with Crippen molar-refractivity contribution in [1.82, 2.24) is 0 Å². The Morgan fingerprint density at radius 1 is 1.29 bits per heavy atom. The van der Waals surface area contributed by atoms with E-state index in [0.717, 1.165) is 16.5 Å². The molecule has 0 amide bonds. The number of halogens is 2. The van der Waals surface area contributed by atoms with E-state index in [4.69, 9.17) is 11.6 Å². The molecule has 1 heterocycles. The first-order chi connectivity index (χ1) is 11.6. The lowest BCUT2D eigenvalue weighted by atomic mass is 9.76. The first kappa shape index (κ1) is 15.7. The standard InChI is InChI=1S/C18H14BrClN2O2/c19-11-4-1-3-10(9-11)17-13-6-2-5-12(13)16-15(22(23)24)8-7-14(20)18(16)21-17/h1-5,7-9,12-13,17,21H,6H2/t12-,13+,17+/m1/s1. The largest absolute Gasteiger partial charge is 0.376 e. The van der Waals surface area contributed by atoms with Crippen LogP contribution in [0.25, 0.3) is 0 Å². The third-order valence-electron chi connectivity index (χ3n) is 4.85. The summed E-state index contributed by atoms with van der Waals surface area (Å²) in [6, 6.07) is 11.3. The van der Waals surface area contributed by atoms with Crippen molar-refractivity contribution in [2.75, 3.05) is 5.32 Å². The zero-order chi connectivity index (χ0) is 16.8. The minimum absolute atomic E-state index is 0.00401. The van der Waals surface area contributed by atoms with E-state index >= 15 is 0 Å². The summed E-state index contributed by atoms with van der Waals surface area (Å²) in [7, 11) is 0. The molecule has 1 N–H and O–H groups in total. The Labute approximate surface area is 152 Å². The zero-order valence-corrected chi connectivity index (χ0v) is 14.9. The molecule has 2 aromatic carbocycles. The molecule has 0 fully saturated rings. The lowest BCUT2D eigenvalue weighted by Gasteiger charge is -2.37. The second-order valence-corrected chi connectivity index (χ2v) is 7.47. The summed E-state index contributed by atoms with van der Waals surface area (Å²) >= 11 is 9.89. The third kappa shape index (κ3) is 2.43. The van der Waals surface area contributed by atoms with Crippen LogP contribution in [0.3, 0.4) is 0 Å². The monoisotopic (exact) mass is 404 g/mol. The van der Waals surface area contributed by atoms with Crippen molar-refractivity contribution in [2.24, 2.45) is 5.92 Å². The molecule has 0 bridgehead atoms. The van der Waals surface area contributed by atoms with E-state index in [1.54, 1.807) is 6.07 Å². The van der Waals surface area contributed by atoms with Gasteiger partial charge in [0, 0.05) is 16.5 Å². The van der Waals surface area contributed by atoms with Crippen molar-refractivity contribution < 1.29 is 4.92 Å². The van der Waals surface area contributed by atoms with Gasteiger partial charge >= 0.3 is 0 Å². The van der Waals surface area contributed by atoms with Crippen LogP contribution in [0.5, 0.6) is 0 Å². The van der Waals surface area contributed by atoms with E-state index in [1.807, 2.05) is 12.1 Å². The molecule has 0 saturated heterocycles. The smallest absolute Gasteiger partial charge is 0.275 e. The highest BCUT2D eigenvalue weighted by molar-refractivity contribution is 9.10. The number of rotatable bonds is 2. The maximum absolute atomic E-state index is 11.5. The van der Waals surface area contributed by atoms with Crippen molar-refractivity contribution in [3.05, 3.63) is 79.3 Å². The number of hydrogen-bond donors (Lipinski definition) is 1. The highest BCUT2D eigenvalue weighted by Gasteiger charge is 2.42. The molecule has 0 unspecified atom stereocenters. The molecular weight excluding hydrogens is 392 g/mol. The highest BCUT2D eigenvalue weighted by Crippen LogP contribution is 2.54. The third-order valence-corrected chi connectivity index (χ3v) is 5.66. The molecule has 1 aliphatic heterocycles. The number of anilines is 1. The van der Waals surface area contributed by atoms with E-state index in [-0.39, 0.29) is 28.5 Å². The Morgan fingerprint density at radius 2 is 2.12 bits per heavy atom. The first-order valence-corrected chi connectivity index (χ1v) is 8.89. The number of hydrogen-bond acceptors (Lipinski definition) is 3. The molecular formula is C18H14BrClN2O2. The van der Waals surface area contributed by atoms with Crippen LogP contribution in [0.4, 0.5) is 11.4 Å². The number of allylic oxidation sites excluding steroid dienone is 2. The molecule has 2 aromatic rings. The Morgan fingerprint density at radius 3 is 2.88 bits per heavy atom. The Bertz CT molecular complexity index is 868. The first-order valence-electron chi connectivity index (χ1n) is 7.71. The maximum atomic E-state index is 11.5. The van der Waals surface area contributed by atoms with Crippen LogP contribution in [0.2, 0.25) is 5.02 Å². The van der Waals surface area contributed by atoms with E-state index < -0.39 is 0 Å². The second kappa shape index (κ2) is 5.90. The summed E-state index contributed by atoms with van der Waals surface area (Å²) in [6.07, 6.45) is 5.08. The quantitative estimate of drug-likeness (QED) is 0.388. The van der Waals surface area contributed by atoms with Gasteiger partial charge in [-0.05, 0) is 36.1 Å². The van der Waals surface area contributed by atoms with Gasteiger partial charge in [0.25, 0.3) is 5.69 Å². The van der Waals surface area contributed by atoms with E-state index in [1.165, 1.54) is 6.07 Å². The fraction of sp³-hybridized carbons (Fsp3) is 0.222. The number of benzene rings is 2. The minimum Gasteiger partial charge on any atom is -0.376 e. The predicted octanol–water partition coefficient (Wildman–Crippen LogP) is 5.84. The van der Waals surface area contributed by atoms with Crippen LogP contribution in [-0.4, -0.2) is 4.92 Å². The predicted molar refractivity (Wildman–Crippen MR) is 98.6 cm³/mol. The van der Waals surface area contributed by atoms with Crippen molar-refractivity contribution >= 4 is 38.9 Å². The molecule has 6 heteroatoms. The summed E-state index contributed by atoms with van der Waals surface area (Å²) in [5.74, 6) is 0.244. The molecule has 0 radical (unpaired) electrons. The van der Waals surface area contributed by atoms with Gasteiger partial charge in [0.05, 0.1) is 27.2 Å².